The van der Waals surface area contributed by atoms with Crippen LogP contribution in [0.15, 0.2) is 18.2 Å². The Balaban J connectivity index is 2.21. The fourth-order valence-corrected chi connectivity index (χ4v) is 2.53. The molecule has 1 aromatic rings. The molecule has 0 saturated heterocycles. The van der Waals surface area contributed by atoms with Gasteiger partial charge in [0.2, 0.25) is 0 Å². The molecule has 16 heavy (non-hydrogen) atoms. The Morgan fingerprint density at radius 3 is 2.62 bits per heavy atom. The molecule has 1 saturated carbocycles. The second kappa shape index (κ2) is 4.88. The first-order chi connectivity index (χ1) is 7.68. The molecule has 88 valence electrons. The average Bonchev–Trinajstić information content (AvgIpc) is 2.70. The molecule has 1 aliphatic rings. The molecule has 1 unspecified atom stereocenters. The smallest absolute Gasteiger partial charge is 0.124 e. The van der Waals surface area contributed by atoms with Crippen LogP contribution in [0, 0.1) is 6.92 Å². The Hall–Kier alpha value is -1.02. The molecule has 0 amide bonds. The molecule has 1 atom stereocenters. The zero-order valence-corrected chi connectivity index (χ0v) is 10.2. The van der Waals surface area contributed by atoms with Gasteiger partial charge in [0, 0.05) is 11.6 Å². The summed E-state index contributed by atoms with van der Waals surface area (Å²) in [6, 6.07) is 6.23. The second-order valence-electron chi connectivity index (χ2n) is 4.80. The normalized spacial score (nSPS) is 18.7. The van der Waals surface area contributed by atoms with E-state index in [2.05, 4.69) is 13.0 Å². The Bertz CT molecular complexity index is 354. The van der Waals surface area contributed by atoms with Crippen molar-refractivity contribution in [2.24, 2.45) is 5.73 Å². The molecule has 2 heteroatoms. The largest absolute Gasteiger partial charge is 0.490 e. The minimum absolute atomic E-state index is 0.0394. The summed E-state index contributed by atoms with van der Waals surface area (Å²) in [6.45, 7) is 4.12. The standard InChI is InChI=1S/C14H21NO/c1-10-6-5-9-13(14(10)11(2)15)16-12-7-3-4-8-12/h5-6,9,11-12H,3-4,7-8,15H2,1-2H3. The minimum Gasteiger partial charge on any atom is -0.490 e. The molecule has 0 aromatic heterocycles. The summed E-state index contributed by atoms with van der Waals surface area (Å²) in [6.07, 6.45) is 5.37. The number of rotatable bonds is 3. The van der Waals surface area contributed by atoms with Crippen molar-refractivity contribution >= 4 is 0 Å². The lowest BCUT2D eigenvalue weighted by atomic mass is 10.0. The van der Waals surface area contributed by atoms with Crippen molar-refractivity contribution in [3.8, 4) is 5.75 Å². The van der Waals surface area contributed by atoms with Gasteiger partial charge >= 0.3 is 0 Å². The molecule has 1 aromatic carbocycles. The van der Waals surface area contributed by atoms with E-state index in [1.54, 1.807) is 0 Å². The first-order valence-electron chi connectivity index (χ1n) is 6.20. The topological polar surface area (TPSA) is 35.2 Å². The van der Waals surface area contributed by atoms with Gasteiger partial charge in [-0.05, 0) is 51.2 Å². The van der Waals surface area contributed by atoms with Crippen LogP contribution in [-0.4, -0.2) is 6.10 Å². The van der Waals surface area contributed by atoms with E-state index in [-0.39, 0.29) is 6.04 Å². The lowest BCUT2D eigenvalue weighted by molar-refractivity contribution is 0.207. The molecule has 0 spiro atoms. The van der Waals surface area contributed by atoms with E-state index in [0.717, 1.165) is 11.3 Å². The third-order valence-electron chi connectivity index (χ3n) is 3.34. The van der Waals surface area contributed by atoms with Gasteiger partial charge in [-0.2, -0.15) is 0 Å². The van der Waals surface area contributed by atoms with Crippen molar-refractivity contribution in [3.05, 3.63) is 29.3 Å². The summed E-state index contributed by atoms with van der Waals surface area (Å²) < 4.78 is 6.07. The van der Waals surface area contributed by atoms with Crippen LogP contribution in [0.1, 0.15) is 49.8 Å². The molecule has 2 nitrogen and oxygen atoms in total. The molecule has 2 N–H and O–H groups in total. The lowest BCUT2D eigenvalue weighted by Crippen LogP contribution is -2.15. The second-order valence-corrected chi connectivity index (χ2v) is 4.80. The lowest BCUT2D eigenvalue weighted by Gasteiger charge is -2.20. The van der Waals surface area contributed by atoms with E-state index in [1.807, 2.05) is 19.1 Å². The molecular weight excluding hydrogens is 198 g/mol. The van der Waals surface area contributed by atoms with Crippen LogP contribution in [0.2, 0.25) is 0 Å². The number of ether oxygens (including phenoxy) is 1. The number of benzene rings is 1. The maximum absolute atomic E-state index is 6.07. The summed E-state index contributed by atoms with van der Waals surface area (Å²) in [5, 5.41) is 0. The highest BCUT2D eigenvalue weighted by molar-refractivity contribution is 5.41. The predicted molar refractivity (Wildman–Crippen MR) is 66.7 cm³/mol. The van der Waals surface area contributed by atoms with Gasteiger partial charge in [-0.1, -0.05) is 12.1 Å². The monoisotopic (exact) mass is 219 g/mol. The number of hydrogen-bond acceptors (Lipinski definition) is 2. The molecule has 1 fully saturated rings. The highest BCUT2D eigenvalue weighted by Gasteiger charge is 2.19. The van der Waals surface area contributed by atoms with Gasteiger partial charge in [-0.25, -0.2) is 0 Å². The number of aryl methyl sites for hydroxylation is 1. The highest BCUT2D eigenvalue weighted by Crippen LogP contribution is 2.31. The fourth-order valence-electron chi connectivity index (χ4n) is 2.53. The molecule has 0 bridgehead atoms. The molecule has 2 rings (SSSR count). The van der Waals surface area contributed by atoms with Crippen molar-refractivity contribution in [2.45, 2.75) is 51.7 Å². The van der Waals surface area contributed by atoms with Gasteiger partial charge in [-0.15, -0.1) is 0 Å². The summed E-state index contributed by atoms with van der Waals surface area (Å²) in [4.78, 5) is 0. The number of nitrogens with two attached hydrogens (primary N) is 1. The van der Waals surface area contributed by atoms with Gasteiger partial charge in [0.05, 0.1) is 6.10 Å². The molecule has 0 radical (unpaired) electrons. The van der Waals surface area contributed by atoms with Crippen LogP contribution in [0.5, 0.6) is 5.75 Å². The van der Waals surface area contributed by atoms with E-state index in [0.29, 0.717) is 6.10 Å². The van der Waals surface area contributed by atoms with Gasteiger partial charge in [0.1, 0.15) is 5.75 Å². The van der Waals surface area contributed by atoms with Crippen LogP contribution in [0.3, 0.4) is 0 Å². The highest BCUT2D eigenvalue weighted by atomic mass is 16.5. The zero-order chi connectivity index (χ0) is 11.5. The zero-order valence-electron chi connectivity index (χ0n) is 10.2. The van der Waals surface area contributed by atoms with E-state index in [9.17, 15) is 0 Å². The molecular formula is C14H21NO. The Labute approximate surface area is 97.8 Å². The van der Waals surface area contributed by atoms with Crippen molar-refractivity contribution in [1.82, 2.24) is 0 Å². The van der Waals surface area contributed by atoms with E-state index < -0.39 is 0 Å². The van der Waals surface area contributed by atoms with Crippen LogP contribution >= 0.6 is 0 Å². The van der Waals surface area contributed by atoms with E-state index >= 15 is 0 Å². The van der Waals surface area contributed by atoms with Crippen molar-refractivity contribution in [2.75, 3.05) is 0 Å². The van der Waals surface area contributed by atoms with Gasteiger partial charge in [-0.3, -0.25) is 0 Å². The SMILES string of the molecule is Cc1cccc(OC2CCCC2)c1C(C)N. The van der Waals surface area contributed by atoms with Crippen molar-refractivity contribution < 1.29 is 4.74 Å². The maximum Gasteiger partial charge on any atom is 0.124 e. The van der Waals surface area contributed by atoms with Crippen molar-refractivity contribution in [3.63, 3.8) is 0 Å². The van der Waals surface area contributed by atoms with Crippen LogP contribution in [0.25, 0.3) is 0 Å². The molecule has 0 heterocycles. The third kappa shape index (κ3) is 2.38. The Kier molecular flexibility index (Phi) is 3.49. The summed E-state index contributed by atoms with van der Waals surface area (Å²) in [5.74, 6) is 0.988. The first kappa shape index (κ1) is 11.5. The van der Waals surface area contributed by atoms with Crippen molar-refractivity contribution in [1.29, 1.82) is 0 Å². The quantitative estimate of drug-likeness (QED) is 0.846. The van der Waals surface area contributed by atoms with Gasteiger partial charge in [0.25, 0.3) is 0 Å². The minimum atomic E-state index is 0.0394. The molecule has 1 aliphatic carbocycles. The predicted octanol–water partition coefficient (Wildman–Crippen LogP) is 3.34. The van der Waals surface area contributed by atoms with E-state index in [4.69, 9.17) is 10.5 Å². The Morgan fingerprint density at radius 2 is 2.00 bits per heavy atom. The number of hydrogen-bond donors (Lipinski definition) is 1. The van der Waals surface area contributed by atoms with Crippen LogP contribution in [-0.2, 0) is 0 Å². The summed E-state index contributed by atoms with van der Waals surface area (Å²) in [7, 11) is 0. The average molecular weight is 219 g/mol. The first-order valence-corrected chi connectivity index (χ1v) is 6.20. The molecule has 0 aliphatic heterocycles. The van der Waals surface area contributed by atoms with Crippen LogP contribution in [0.4, 0.5) is 0 Å². The summed E-state index contributed by atoms with van der Waals surface area (Å²) >= 11 is 0. The van der Waals surface area contributed by atoms with E-state index in [1.165, 1.54) is 31.2 Å². The fraction of sp³-hybridized carbons (Fsp3) is 0.571. The Morgan fingerprint density at radius 1 is 1.31 bits per heavy atom. The van der Waals surface area contributed by atoms with Crippen LogP contribution < -0.4 is 10.5 Å². The van der Waals surface area contributed by atoms with Gasteiger partial charge in [0.15, 0.2) is 0 Å². The summed E-state index contributed by atoms with van der Waals surface area (Å²) in [5.41, 5.74) is 8.40. The maximum atomic E-state index is 6.07. The van der Waals surface area contributed by atoms with Gasteiger partial charge < -0.3 is 10.5 Å². The third-order valence-corrected chi connectivity index (χ3v) is 3.34.